The predicted octanol–water partition coefficient (Wildman–Crippen LogP) is 2.93. The maximum Gasteiger partial charge on any atom is 0.0495 e. The van der Waals surface area contributed by atoms with Gasteiger partial charge in [0.05, 0.1) is 0 Å². The first-order valence-electron chi connectivity index (χ1n) is 6.89. The lowest BCUT2D eigenvalue weighted by Gasteiger charge is -2.21. The van der Waals surface area contributed by atoms with Crippen LogP contribution in [0.5, 0.6) is 0 Å². The number of para-hydroxylation sites is 1. The Morgan fingerprint density at radius 3 is 2.72 bits per heavy atom. The molecule has 1 aliphatic heterocycles. The Labute approximate surface area is 109 Å². The third kappa shape index (κ3) is 5.07. The first-order valence-corrected chi connectivity index (χ1v) is 6.89. The van der Waals surface area contributed by atoms with Gasteiger partial charge in [-0.15, -0.1) is 0 Å². The van der Waals surface area contributed by atoms with Crippen molar-refractivity contribution in [2.45, 2.75) is 19.3 Å². The maximum atomic E-state index is 5.72. The van der Waals surface area contributed by atoms with E-state index in [2.05, 4.69) is 17.4 Å². The monoisotopic (exact) mass is 249 g/mol. The number of ether oxygens (including phenoxy) is 2. The van der Waals surface area contributed by atoms with E-state index in [1.54, 1.807) is 0 Å². The fourth-order valence-electron chi connectivity index (χ4n) is 2.13. The normalized spacial score (nSPS) is 16.7. The van der Waals surface area contributed by atoms with Crippen LogP contribution in [0.3, 0.4) is 0 Å². The third-order valence-electron chi connectivity index (χ3n) is 3.26. The summed E-state index contributed by atoms with van der Waals surface area (Å²) in [5.41, 5.74) is 1.18. The van der Waals surface area contributed by atoms with Crippen molar-refractivity contribution >= 4 is 5.69 Å². The van der Waals surface area contributed by atoms with Crippen molar-refractivity contribution in [3.63, 3.8) is 0 Å². The minimum atomic E-state index is 0.709. The molecule has 2 rings (SSSR count). The first kappa shape index (κ1) is 13.4. The summed E-state index contributed by atoms with van der Waals surface area (Å²) in [6.07, 6.45) is 3.36. The molecule has 0 amide bonds. The molecule has 0 saturated carbocycles. The molecule has 0 atom stereocenters. The van der Waals surface area contributed by atoms with Gasteiger partial charge in [0.1, 0.15) is 0 Å². The summed E-state index contributed by atoms with van der Waals surface area (Å²) < 4.78 is 11.0. The van der Waals surface area contributed by atoms with E-state index in [1.807, 2.05) is 18.2 Å². The van der Waals surface area contributed by atoms with Crippen molar-refractivity contribution in [3.8, 4) is 0 Å². The predicted molar refractivity (Wildman–Crippen MR) is 73.9 cm³/mol. The summed E-state index contributed by atoms with van der Waals surface area (Å²) in [6.45, 7) is 4.52. The zero-order chi connectivity index (χ0) is 12.5. The number of hydrogen-bond acceptors (Lipinski definition) is 3. The Morgan fingerprint density at radius 2 is 1.94 bits per heavy atom. The van der Waals surface area contributed by atoms with Gasteiger partial charge in [0.15, 0.2) is 0 Å². The van der Waals surface area contributed by atoms with E-state index in [4.69, 9.17) is 9.47 Å². The second kappa shape index (κ2) is 8.11. The summed E-state index contributed by atoms with van der Waals surface area (Å²) >= 11 is 0. The minimum Gasteiger partial charge on any atom is -0.385 e. The van der Waals surface area contributed by atoms with Crippen LogP contribution >= 0.6 is 0 Å². The molecule has 0 aliphatic carbocycles. The third-order valence-corrected chi connectivity index (χ3v) is 3.26. The molecule has 0 aromatic heterocycles. The number of anilines is 1. The molecule has 0 unspecified atom stereocenters. The maximum absolute atomic E-state index is 5.72. The average Bonchev–Trinajstić information content (AvgIpc) is 2.45. The highest BCUT2D eigenvalue weighted by Crippen LogP contribution is 2.14. The van der Waals surface area contributed by atoms with Crippen molar-refractivity contribution < 1.29 is 9.47 Å². The molecular formula is C15H23NO2. The highest BCUT2D eigenvalue weighted by atomic mass is 16.5. The summed E-state index contributed by atoms with van der Waals surface area (Å²) in [4.78, 5) is 0. The zero-order valence-corrected chi connectivity index (χ0v) is 10.9. The van der Waals surface area contributed by atoms with Crippen LogP contribution in [0.1, 0.15) is 19.3 Å². The van der Waals surface area contributed by atoms with E-state index < -0.39 is 0 Å². The number of rotatable bonds is 7. The Morgan fingerprint density at radius 1 is 1.17 bits per heavy atom. The van der Waals surface area contributed by atoms with Gasteiger partial charge in [-0.3, -0.25) is 0 Å². The van der Waals surface area contributed by atoms with Gasteiger partial charge in [0.2, 0.25) is 0 Å². The number of nitrogens with one attached hydrogen (secondary N) is 1. The Bertz CT molecular complexity index is 310. The number of hydrogen-bond donors (Lipinski definition) is 1. The van der Waals surface area contributed by atoms with E-state index in [1.165, 1.54) is 5.69 Å². The quantitative estimate of drug-likeness (QED) is 0.754. The van der Waals surface area contributed by atoms with Gasteiger partial charge in [0, 0.05) is 38.7 Å². The summed E-state index contributed by atoms with van der Waals surface area (Å²) in [5.74, 6) is 0.709. The molecule has 1 aromatic rings. The lowest BCUT2D eigenvalue weighted by molar-refractivity contribution is 0.0206. The lowest BCUT2D eigenvalue weighted by atomic mass is 10.0. The fraction of sp³-hybridized carbons (Fsp3) is 0.600. The smallest absolute Gasteiger partial charge is 0.0495 e. The van der Waals surface area contributed by atoms with E-state index >= 15 is 0 Å². The highest BCUT2D eigenvalue weighted by molar-refractivity contribution is 5.42. The molecule has 100 valence electrons. The number of benzene rings is 1. The molecule has 0 spiro atoms. The molecule has 1 fully saturated rings. The summed E-state index contributed by atoms with van der Waals surface area (Å²) in [6, 6.07) is 10.3. The Hall–Kier alpha value is -1.06. The second-order valence-corrected chi connectivity index (χ2v) is 4.78. The van der Waals surface area contributed by atoms with Crippen molar-refractivity contribution in [2.75, 3.05) is 38.3 Å². The van der Waals surface area contributed by atoms with Crippen molar-refractivity contribution in [2.24, 2.45) is 5.92 Å². The van der Waals surface area contributed by atoms with Crippen LogP contribution in [0.2, 0.25) is 0 Å². The topological polar surface area (TPSA) is 30.5 Å². The molecule has 1 heterocycles. The SMILES string of the molecule is c1ccc(NCCCOCC2CCOCC2)cc1. The minimum absolute atomic E-state index is 0.709. The first-order chi connectivity index (χ1) is 8.95. The Kier molecular flexibility index (Phi) is 6.03. The van der Waals surface area contributed by atoms with Gasteiger partial charge < -0.3 is 14.8 Å². The second-order valence-electron chi connectivity index (χ2n) is 4.78. The highest BCUT2D eigenvalue weighted by Gasteiger charge is 2.13. The van der Waals surface area contributed by atoms with Gasteiger partial charge in [-0.1, -0.05) is 18.2 Å². The molecule has 1 saturated heterocycles. The van der Waals surface area contributed by atoms with Gasteiger partial charge in [0.25, 0.3) is 0 Å². The lowest BCUT2D eigenvalue weighted by Crippen LogP contribution is -2.20. The van der Waals surface area contributed by atoms with Gasteiger partial charge in [-0.2, -0.15) is 0 Å². The van der Waals surface area contributed by atoms with Gasteiger partial charge in [-0.05, 0) is 37.3 Å². The average molecular weight is 249 g/mol. The van der Waals surface area contributed by atoms with E-state index in [-0.39, 0.29) is 0 Å². The van der Waals surface area contributed by atoms with E-state index in [9.17, 15) is 0 Å². The van der Waals surface area contributed by atoms with Crippen molar-refractivity contribution in [3.05, 3.63) is 30.3 Å². The fourth-order valence-corrected chi connectivity index (χ4v) is 2.13. The molecule has 3 heteroatoms. The Balaban J connectivity index is 1.46. The van der Waals surface area contributed by atoms with Crippen LogP contribution in [0.25, 0.3) is 0 Å². The van der Waals surface area contributed by atoms with Crippen LogP contribution in [0.15, 0.2) is 30.3 Å². The van der Waals surface area contributed by atoms with Crippen LogP contribution in [-0.4, -0.2) is 33.0 Å². The molecule has 3 nitrogen and oxygen atoms in total. The largest absolute Gasteiger partial charge is 0.385 e. The van der Waals surface area contributed by atoms with Crippen LogP contribution < -0.4 is 5.32 Å². The van der Waals surface area contributed by atoms with Crippen LogP contribution in [0, 0.1) is 5.92 Å². The summed E-state index contributed by atoms with van der Waals surface area (Å²) in [7, 11) is 0. The molecule has 1 aromatic carbocycles. The van der Waals surface area contributed by atoms with Gasteiger partial charge in [-0.25, -0.2) is 0 Å². The molecule has 0 radical (unpaired) electrons. The van der Waals surface area contributed by atoms with Crippen molar-refractivity contribution in [1.82, 2.24) is 0 Å². The van der Waals surface area contributed by atoms with E-state index in [0.717, 1.165) is 52.2 Å². The summed E-state index contributed by atoms with van der Waals surface area (Å²) in [5, 5.41) is 3.38. The van der Waals surface area contributed by atoms with E-state index in [0.29, 0.717) is 5.92 Å². The van der Waals surface area contributed by atoms with Crippen LogP contribution in [0.4, 0.5) is 5.69 Å². The molecular weight excluding hydrogens is 226 g/mol. The van der Waals surface area contributed by atoms with Gasteiger partial charge >= 0.3 is 0 Å². The zero-order valence-electron chi connectivity index (χ0n) is 10.9. The van der Waals surface area contributed by atoms with Crippen molar-refractivity contribution in [1.29, 1.82) is 0 Å². The van der Waals surface area contributed by atoms with Crippen LogP contribution in [-0.2, 0) is 9.47 Å². The molecule has 1 aliphatic rings. The molecule has 18 heavy (non-hydrogen) atoms. The standard InChI is InChI=1S/C15H23NO2/c1-2-5-15(6-3-1)16-9-4-10-18-13-14-7-11-17-12-8-14/h1-3,5-6,14,16H,4,7-13H2. The molecule has 0 bridgehead atoms. The molecule has 1 N–H and O–H groups in total.